The minimum atomic E-state index is -2.79. The van der Waals surface area contributed by atoms with Gasteiger partial charge in [0.2, 0.25) is 0 Å². The van der Waals surface area contributed by atoms with Crippen molar-refractivity contribution in [3.8, 4) is 5.75 Å². The maximum absolute atomic E-state index is 12.0. The highest BCUT2D eigenvalue weighted by Gasteiger charge is 2.17. The first-order valence-corrected chi connectivity index (χ1v) is 7.32. The van der Waals surface area contributed by atoms with Gasteiger partial charge in [-0.05, 0) is 50.8 Å². The van der Waals surface area contributed by atoms with Crippen LogP contribution >= 0.6 is 0 Å². The van der Waals surface area contributed by atoms with Gasteiger partial charge in [-0.25, -0.2) is 0 Å². The second-order valence-electron chi connectivity index (χ2n) is 5.69. The molecule has 0 aliphatic carbocycles. The van der Waals surface area contributed by atoms with Crippen molar-refractivity contribution >= 4 is 0 Å². The highest BCUT2D eigenvalue weighted by atomic mass is 19.3. The minimum Gasteiger partial charge on any atom is -0.435 e. The first kappa shape index (κ1) is 17.9. The van der Waals surface area contributed by atoms with Crippen LogP contribution < -0.4 is 10.1 Å². The number of aliphatic hydroxyl groups is 1. The molecule has 1 aromatic rings. The van der Waals surface area contributed by atoms with E-state index in [1.165, 1.54) is 0 Å². The lowest BCUT2D eigenvalue weighted by Crippen LogP contribution is -2.41. The summed E-state index contributed by atoms with van der Waals surface area (Å²) in [5.74, 6) is 0.180. The number of ether oxygens (including phenoxy) is 1. The molecule has 3 nitrogen and oxygen atoms in total. The Morgan fingerprint density at radius 2 is 1.90 bits per heavy atom. The van der Waals surface area contributed by atoms with Crippen LogP contribution in [0.5, 0.6) is 5.75 Å². The Bertz CT molecular complexity index is 407. The van der Waals surface area contributed by atoms with E-state index in [1.54, 1.807) is 24.3 Å². The average Bonchev–Trinajstić information content (AvgIpc) is 2.44. The molecular formula is C16H25F2NO2. The molecule has 0 radical (unpaired) electrons. The van der Waals surface area contributed by atoms with Crippen molar-refractivity contribution in [2.75, 3.05) is 6.54 Å². The van der Waals surface area contributed by atoms with E-state index in [1.807, 2.05) is 13.8 Å². The second kappa shape index (κ2) is 8.29. The molecule has 0 aliphatic heterocycles. The lowest BCUT2D eigenvalue weighted by molar-refractivity contribution is -0.0498. The highest BCUT2D eigenvalue weighted by molar-refractivity contribution is 5.27. The first-order valence-electron chi connectivity index (χ1n) is 7.32. The molecule has 0 aliphatic rings. The minimum absolute atomic E-state index is 0.180. The molecule has 1 rings (SSSR count). The van der Waals surface area contributed by atoms with E-state index in [9.17, 15) is 13.9 Å². The van der Waals surface area contributed by atoms with Crippen LogP contribution in [0.15, 0.2) is 24.3 Å². The van der Waals surface area contributed by atoms with Gasteiger partial charge in [0, 0.05) is 12.6 Å². The molecule has 21 heavy (non-hydrogen) atoms. The average molecular weight is 301 g/mol. The normalized spacial score (nSPS) is 15.8. The van der Waals surface area contributed by atoms with E-state index in [2.05, 4.69) is 17.0 Å². The Labute approximate surface area is 125 Å². The third kappa shape index (κ3) is 7.39. The highest BCUT2D eigenvalue weighted by Crippen LogP contribution is 2.16. The molecule has 2 unspecified atom stereocenters. The predicted octanol–water partition coefficient (Wildman–Crippen LogP) is 3.36. The van der Waals surface area contributed by atoms with Crippen molar-refractivity contribution < 1.29 is 18.6 Å². The standard InChI is InChI=1S/C16H25F2NO2/c1-4-16(3,20)11-19-12(2)5-6-13-7-9-14(10-8-13)21-15(17)18/h7-10,12,15,19-20H,4-6,11H2,1-3H3. The van der Waals surface area contributed by atoms with Gasteiger partial charge in [-0.1, -0.05) is 19.1 Å². The fourth-order valence-corrected chi connectivity index (χ4v) is 1.84. The molecule has 120 valence electrons. The molecule has 1 aromatic carbocycles. The van der Waals surface area contributed by atoms with Gasteiger partial charge in [-0.2, -0.15) is 8.78 Å². The summed E-state index contributed by atoms with van der Waals surface area (Å²) in [6.07, 6.45) is 2.46. The summed E-state index contributed by atoms with van der Waals surface area (Å²) in [4.78, 5) is 0. The molecule has 2 N–H and O–H groups in total. The van der Waals surface area contributed by atoms with Gasteiger partial charge in [0.05, 0.1) is 5.60 Å². The van der Waals surface area contributed by atoms with Crippen molar-refractivity contribution in [1.82, 2.24) is 5.32 Å². The fraction of sp³-hybridized carbons (Fsp3) is 0.625. The van der Waals surface area contributed by atoms with Crippen LogP contribution in [0.1, 0.15) is 39.2 Å². The maximum atomic E-state index is 12.0. The molecule has 0 fully saturated rings. The third-order valence-electron chi connectivity index (χ3n) is 3.61. The van der Waals surface area contributed by atoms with Gasteiger partial charge in [0.25, 0.3) is 0 Å². The van der Waals surface area contributed by atoms with Gasteiger partial charge >= 0.3 is 6.61 Å². The van der Waals surface area contributed by atoms with Crippen molar-refractivity contribution in [2.45, 2.75) is 58.3 Å². The zero-order valence-electron chi connectivity index (χ0n) is 12.9. The number of alkyl halides is 2. The molecule has 5 heteroatoms. The number of nitrogens with one attached hydrogen (secondary N) is 1. The number of benzene rings is 1. The molecule has 0 saturated heterocycles. The Balaban J connectivity index is 2.34. The summed E-state index contributed by atoms with van der Waals surface area (Å²) in [5, 5.41) is 13.2. The molecular weight excluding hydrogens is 276 g/mol. The predicted molar refractivity (Wildman–Crippen MR) is 79.8 cm³/mol. The molecule has 0 spiro atoms. The summed E-state index contributed by atoms with van der Waals surface area (Å²) in [6, 6.07) is 6.99. The molecule has 0 amide bonds. The van der Waals surface area contributed by atoms with Crippen molar-refractivity contribution in [3.05, 3.63) is 29.8 Å². The van der Waals surface area contributed by atoms with Gasteiger partial charge in [0.15, 0.2) is 0 Å². The zero-order chi connectivity index (χ0) is 15.9. The van der Waals surface area contributed by atoms with Crippen LogP contribution in [0.4, 0.5) is 8.78 Å². The summed E-state index contributed by atoms with van der Waals surface area (Å²) >= 11 is 0. The van der Waals surface area contributed by atoms with Gasteiger partial charge < -0.3 is 15.2 Å². The van der Waals surface area contributed by atoms with Crippen molar-refractivity contribution in [2.24, 2.45) is 0 Å². The van der Waals surface area contributed by atoms with Crippen LogP contribution in [-0.4, -0.2) is 29.9 Å². The lowest BCUT2D eigenvalue weighted by Gasteiger charge is -2.24. The number of hydrogen-bond acceptors (Lipinski definition) is 3. The number of aryl methyl sites for hydroxylation is 1. The monoisotopic (exact) mass is 301 g/mol. The largest absolute Gasteiger partial charge is 0.435 e. The Morgan fingerprint density at radius 3 is 2.43 bits per heavy atom. The topological polar surface area (TPSA) is 41.5 Å². The summed E-state index contributed by atoms with van der Waals surface area (Å²) in [5.41, 5.74) is 0.398. The zero-order valence-corrected chi connectivity index (χ0v) is 12.9. The van der Waals surface area contributed by atoms with Crippen LogP contribution in [0.3, 0.4) is 0 Å². The van der Waals surface area contributed by atoms with Crippen molar-refractivity contribution in [3.63, 3.8) is 0 Å². The van der Waals surface area contributed by atoms with E-state index in [-0.39, 0.29) is 11.8 Å². The smallest absolute Gasteiger partial charge is 0.387 e. The van der Waals surface area contributed by atoms with Crippen LogP contribution in [0.25, 0.3) is 0 Å². The van der Waals surface area contributed by atoms with Gasteiger partial charge in [0.1, 0.15) is 5.75 Å². The summed E-state index contributed by atoms with van der Waals surface area (Å²) in [7, 11) is 0. The molecule has 0 saturated carbocycles. The lowest BCUT2D eigenvalue weighted by atomic mass is 10.0. The molecule has 2 atom stereocenters. The molecule has 0 heterocycles. The van der Waals surface area contributed by atoms with Gasteiger partial charge in [-0.3, -0.25) is 0 Å². The Morgan fingerprint density at radius 1 is 1.29 bits per heavy atom. The molecule has 0 aromatic heterocycles. The van der Waals surface area contributed by atoms with Crippen LogP contribution in [0, 0.1) is 0 Å². The fourth-order valence-electron chi connectivity index (χ4n) is 1.84. The third-order valence-corrected chi connectivity index (χ3v) is 3.61. The quantitative estimate of drug-likeness (QED) is 0.735. The van der Waals surface area contributed by atoms with E-state index < -0.39 is 12.2 Å². The second-order valence-corrected chi connectivity index (χ2v) is 5.69. The summed E-state index contributed by atoms with van der Waals surface area (Å²) in [6.45, 7) is 3.61. The van der Waals surface area contributed by atoms with Crippen LogP contribution in [0.2, 0.25) is 0 Å². The van der Waals surface area contributed by atoms with Crippen molar-refractivity contribution in [1.29, 1.82) is 0 Å². The van der Waals surface area contributed by atoms with Crippen LogP contribution in [-0.2, 0) is 6.42 Å². The van der Waals surface area contributed by atoms with E-state index in [0.717, 1.165) is 18.4 Å². The van der Waals surface area contributed by atoms with E-state index >= 15 is 0 Å². The number of rotatable bonds is 9. The maximum Gasteiger partial charge on any atom is 0.387 e. The van der Waals surface area contributed by atoms with Gasteiger partial charge in [-0.15, -0.1) is 0 Å². The summed E-state index contributed by atoms with van der Waals surface area (Å²) < 4.78 is 28.4. The van der Waals surface area contributed by atoms with E-state index in [4.69, 9.17) is 0 Å². The number of hydrogen-bond donors (Lipinski definition) is 2. The Hall–Kier alpha value is -1.20. The molecule has 0 bridgehead atoms. The van der Waals surface area contributed by atoms with E-state index in [0.29, 0.717) is 13.0 Å². The number of halogens is 2. The Kier molecular flexibility index (Phi) is 7.05. The SMILES string of the molecule is CCC(C)(O)CNC(C)CCc1ccc(OC(F)F)cc1. The first-order chi connectivity index (χ1) is 9.82.